The van der Waals surface area contributed by atoms with Crippen LogP contribution in [0.15, 0.2) is 51.9 Å². The van der Waals surface area contributed by atoms with E-state index < -0.39 is 8.07 Å². The molecule has 0 saturated carbocycles. The molecule has 4 aromatic rings. The molecule has 30 heavy (non-hydrogen) atoms. The highest BCUT2D eigenvalue weighted by molar-refractivity contribution is 14.1. The summed E-state index contributed by atoms with van der Waals surface area (Å²) in [5, 5.41) is 0.890. The van der Waals surface area contributed by atoms with E-state index in [2.05, 4.69) is 24.6 Å². The fourth-order valence-electron chi connectivity index (χ4n) is 3.24. The molecule has 0 amide bonds. The van der Waals surface area contributed by atoms with Crippen molar-refractivity contribution in [2.24, 2.45) is 0 Å². The Kier molecular flexibility index (Phi) is 6.07. The van der Waals surface area contributed by atoms with Gasteiger partial charge in [0.15, 0.2) is 11.3 Å². The van der Waals surface area contributed by atoms with Crippen LogP contribution in [0.25, 0.3) is 33.3 Å². The zero-order chi connectivity index (χ0) is 21.5. The van der Waals surface area contributed by atoms with Crippen molar-refractivity contribution in [3.05, 3.63) is 61.5 Å². The Labute approximate surface area is 194 Å². The largest absolute Gasteiger partial charge is 0.452 e. The van der Waals surface area contributed by atoms with Crippen LogP contribution >= 0.6 is 34.2 Å². The minimum atomic E-state index is -1.16. The predicted octanol–water partition coefficient (Wildman–Crippen LogP) is 6.38. The van der Waals surface area contributed by atoms with Gasteiger partial charge in [-0.3, -0.25) is 4.79 Å². The molecule has 0 bridgehead atoms. The Bertz CT molecular complexity index is 1280. The van der Waals surface area contributed by atoms with Crippen molar-refractivity contribution < 1.29 is 9.15 Å². The molecule has 2 aromatic heterocycles. The Balaban J connectivity index is 1.80. The van der Waals surface area contributed by atoms with Crippen LogP contribution in [0.1, 0.15) is 0 Å². The van der Waals surface area contributed by atoms with E-state index in [1.165, 1.54) is 0 Å². The lowest BCUT2D eigenvalue weighted by Crippen LogP contribution is -2.22. The Morgan fingerprint density at radius 2 is 1.97 bits per heavy atom. The van der Waals surface area contributed by atoms with Crippen LogP contribution in [0.4, 0.5) is 0 Å². The summed E-state index contributed by atoms with van der Waals surface area (Å²) in [5.41, 5.74) is 2.45. The van der Waals surface area contributed by atoms with E-state index in [-0.39, 0.29) is 5.43 Å². The molecule has 0 fully saturated rings. The van der Waals surface area contributed by atoms with Gasteiger partial charge in [-0.1, -0.05) is 61.6 Å². The van der Waals surface area contributed by atoms with Gasteiger partial charge in [0.2, 0.25) is 5.43 Å². The summed E-state index contributed by atoms with van der Waals surface area (Å²) in [5.74, 6) is 0.540. The minimum Gasteiger partial charge on any atom is -0.452 e. The number of hydrogen-bond donors (Lipinski definition) is 0. The highest BCUT2D eigenvalue weighted by Gasteiger charge is 2.20. The first-order valence-corrected chi connectivity index (χ1v) is 14.9. The molecule has 0 saturated heterocycles. The molecule has 0 atom stereocenters. The quantitative estimate of drug-likeness (QED) is 0.158. The van der Waals surface area contributed by atoms with Gasteiger partial charge in [0.05, 0.1) is 22.3 Å². The lowest BCUT2D eigenvalue weighted by Gasteiger charge is -2.15. The van der Waals surface area contributed by atoms with Crippen LogP contribution < -0.4 is 5.43 Å². The van der Waals surface area contributed by atoms with E-state index in [4.69, 9.17) is 20.8 Å². The zero-order valence-corrected chi connectivity index (χ0v) is 21.0. The maximum Gasteiger partial charge on any atom is 0.206 e. The first kappa shape index (κ1) is 21.5. The van der Waals surface area contributed by atoms with Crippen molar-refractivity contribution in [3.8, 4) is 11.3 Å². The fraction of sp³-hybridized carbons (Fsp3) is 0.273. The summed E-state index contributed by atoms with van der Waals surface area (Å²) in [6.07, 6.45) is 1.69. The molecule has 0 aliphatic rings. The smallest absolute Gasteiger partial charge is 0.206 e. The fourth-order valence-corrected chi connectivity index (χ4v) is 5.02. The molecular formula is C22H22ClIN2O3Si. The number of aromatic nitrogens is 2. The topological polar surface area (TPSA) is 57.3 Å². The van der Waals surface area contributed by atoms with Crippen LogP contribution in [-0.2, 0) is 11.5 Å². The maximum atomic E-state index is 13.0. The van der Waals surface area contributed by atoms with Gasteiger partial charge in [0, 0.05) is 20.2 Å². The molecule has 0 radical (unpaired) electrons. The highest BCUT2D eigenvalue weighted by Crippen LogP contribution is 2.34. The first-order chi connectivity index (χ1) is 14.3. The molecule has 0 unspecified atom stereocenters. The third kappa shape index (κ3) is 4.21. The molecule has 2 aromatic carbocycles. The van der Waals surface area contributed by atoms with Gasteiger partial charge in [0.25, 0.3) is 0 Å². The molecular weight excluding hydrogens is 531 g/mol. The number of ether oxygens (including phenoxy) is 1. The molecule has 0 spiro atoms. The SMILES string of the molecule is C[Si](C)(C)CCOCn1cnc2c3oc(-c4ccccc4)c(I)c(=O)c3cc(Cl)c21. The molecule has 5 nitrogen and oxygen atoms in total. The van der Waals surface area contributed by atoms with Gasteiger partial charge < -0.3 is 13.7 Å². The third-order valence-corrected chi connectivity index (χ3v) is 7.88. The second kappa shape index (κ2) is 8.45. The second-order valence-electron chi connectivity index (χ2n) is 8.43. The van der Waals surface area contributed by atoms with Gasteiger partial charge in [-0.2, -0.15) is 0 Å². The van der Waals surface area contributed by atoms with Crippen LogP contribution in [0.2, 0.25) is 30.7 Å². The average molecular weight is 553 g/mol. The Morgan fingerprint density at radius 3 is 2.67 bits per heavy atom. The zero-order valence-electron chi connectivity index (χ0n) is 17.0. The lowest BCUT2D eigenvalue weighted by molar-refractivity contribution is 0.0898. The summed E-state index contributed by atoms with van der Waals surface area (Å²) in [4.78, 5) is 17.6. The summed E-state index contributed by atoms with van der Waals surface area (Å²) < 4.78 is 14.5. The van der Waals surface area contributed by atoms with Gasteiger partial charge >= 0.3 is 0 Å². The van der Waals surface area contributed by atoms with Crippen molar-refractivity contribution >= 4 is 64.3 Å². The normalized spacial score (nSPS) is 12.2. The maximum absolute atomic E-state index is 13.0. The van der Waals surface area contributed by atoms with E-state index in [1.54, 1.807) is 12.4 Å². The molecule has 0 N–H and O–H groups in total. The van der Waals surface area contributed by atoms with Gasteiger partial charge in [-0.15, -0.1) is 0 Å². The van der Waals surface area contributed by atoms with Crippen molar-refractivity contribution in [2.75, 3.05) is 6.61 Å². The second-order valence-corrected chi connectivity index (χ2v) is 15.5. The molecule has 0 aliphatic heterocycles. The summed E-state index contributed by atoms with van der Waals surface area (Å²) in [6, 6.07) is 12.4. The number of nitrogens with zero attached hydrogens (tertiary/aromatic N) is 2. The predicted molar refractivity (Wildman–Crippen MR) is 133 cm³/mol. The van der Waals surface area contributed by atoms with E-state index >= 15 is 0 Å². The third-order valence-electron chi connectivity index (χ3n) is 4.90. The average Bonchev–Trinajstić information content (AvgIpc) is 3.13. The molecule has 8 heteroatoms. The van der Waals surface area contributed by atoms with Crippen LogP contribution in [-0.4, -0.2) is 24.2 Å². The summed E-state index contributed by atoms with van der Waals surface area (Å²) in [6.45, 7) is 8.01. The van der Waals surface area contributed by atoms with Crippen molar-refractivity contribution in [1.29, 1.82) is 0 Å². The molecule has 0 aliphatic carbocycles. The number of hydrogen-bond acceptors (Lipinski definition) is 4. The molecule has 4 rings (SSSR count). The van der Waals surface area contributed by atoms with Crippen LogP contribution in [0, 0.1) is 3.57 Å². The molecule has 156 valence electrons. The van der Waals surface area contributed by atoms with E-state index in [9.17, 15) is 4.79 Å². The van der Waals surface area contributed by atoms with Crippen LogP contribution in [0.3, 0.4) is 0 Å². The van der Waals surface area contributed by atoms with Crippen molar-refractivity contribution in [1.82, 2.24) is 9.55 Å². The monoisotopic (exact) mass is 552 g/mol. The standard InChI is InChI=1S/C22H22ClIN2O3Si/c1-30(2,3)10-9-28-13-26-12-25-18-19(26)16(23)11-15-20(27)17(24)21(29-22(15)18)14-7-5-4-6-8-14/h4-8,11-12H,9-10,13H2,1-3H3. The molecule has 2 heterocycles. The lowest BCUT2D eigenvalue weighted by atomic mass is 10.1. The van der Waals surface area contributed by atoms with E-state index in [0.717, 1.165) is 11.6 Å². The minimum absolute atomic E-state index is 0.111. The highest BCUT2D eigenvalue weighted by atomic mass is 127. The first-order valence-electron chi connectivity index (χ1n) is 9.69. The van der Waals surface area contributed by atoms with Crippen LogP contribution in [0.5, 0.6) is 0 Å². The summed E-state index contributed by atoms with van der Waals surface area (Å²) >= 11 is 8.59. The van der Waals surface area contributed by atoms with E-state index in [1.807, 2.05) is 57.5 Å². The van der Waals surface area contributed by atoms with Gasteiger partial charge in [-0.05, 0) is 34.7 Å². The summed E-state index contributed by atoms with van der Waals surface area (Å²) in [7, 11) is -1.16. The van der Waals surface area contributed by atoms with Crippen molar-refractivity contribution in [2.45, 2.75) is 32.4 Å². The Morgan fingerprint density at radius 1 is 1.23 bits per heavy atom. The number of rotatable bonds is 6. The number of benzene rings is 2. The van der Waals surface area contributed by atoms with E-state index in [0.29, 0.717) is 49.7 Å². The van der Waals surface area contributed by atoms with Crippen molar-refractivity contribution in [3.63, 3.8) is 0 Å². The Hall–Kier alpha value is -1.68. The van der Waals surface area contributed by atoms with Gasteiger partial charge in [0.1, 0.15) is 15.8 Å². The number of halogens is 2. The van der Waals surface area contributed by atoms with Gasteiger partial charge in [-0.25, -0.2) is 4.98 Å². The number of imidazole rings is 1. The number of fused-ring (bicyclic) bond motifs is 3.